The van der Waals surface area contributed by atoms with Gasteiger partial charge in [-0.05, 0) is 32.3 Å². The van der Waals surface area contributed by atoms with Crippen molar-refractivity contribution >= 4 is 17.8 Å². The van der Waals surface area contributed by atoms with Gasteiger partial charge in [-0.1, -0.05) is 0 Å². The molecular formula is C18H26N4O4. The summed E-state index contributed by atoms with van der Waals surface area (Å²) in [5, 5.41) is 2.69. The Morgan fingerprint density at radius 1 is 0.962 bits per heavy atom. The van der Waals surface area contributed by atoms with Crippen molar-refractivity contribution < 1.29 is 18.8 Å². The molecule has 3 heterocycles. The second-order valence-electron chi connectivity index (χ2n) is 6.85. The molecule has 26 heavy (non-hydrogen) atoms. The molecule has 2 aliphatic heterocycles. The molecule has 0 spiro atoms. The maximum absolute atomic E-state index is 12.6. The summed E-state index contributed by atoms with van der Waals surface area (Å²) in [7, 11) is 0. The Hall–Kier alpha value is -2.51. The third-order valence-electron chi connectivity index (χ3n) is 4.99. The first-order valence-electron chi connectivity index (χ1n) is 9.22. The molecule has 2 saturated heterocycles. The SMILES string of the molecule is CC(NC(=O)c1ccoc1)C(=O)N1CCN(C(=O)N2CCCCC2)CC1. The molecule has 1 aromatic heterocycles. The van der Waals surface area contributed by atoms with Crippen LogP contribution in [0.25, 0.3) is 0 Å². The molecule has 4 amide bonds. The number of nitrogens with one attached hydrogen (secondary N) is 1. The minimum absolute atomic E-state index is 0.0816. The molecule has 0 radical (unpaired) electrons. The van der Waals surface area contributed by atoms with Crippen LogP contribution in [0.15, 0.2) is 23.0 Å². The van der Waals surface area contributed by atoms with E-state index in [-0.39, 0.29) is 17.8 Å². The zero-order valence-electron chi connectivity index (χ0n) is 15.1. The van der Waals surface area contributed by atoms with Gasteiger partial charge in [0, 0.05) is 39.3 Å². The first kappa shape index (κ1) is 18.3. The number of nitrogens with zero attached hydrogens (tertiary/aromatic N) is 3. The lowest BCUT2D eigenvalue weighted by Gasteiger charge is -2.39. The monoisotopic (exact) mass is 362 g/mol. The van der Waals surface area contributed by atoms with Crippen molar-refractivity contribution in [2.75, 3.05) is 39.3 Å². The van der Waals surface area contributed by atoms with Gasteiger partial charge in [0.25, 0.3) is 5.91 Å². The molecule has 8 heteroatoms. The number of rotatable bonds is 3. The van der Waals surface area contributed by atoms with Crippen LogP contribution >= 0.6 is 0 Å². The number of likely N-dealkylation sites (tertiary alicyclic amines) is 1. The van der Waals surface area contributed by atoms with Gasteiger partial charge in [-0.15, -0.1) is 0 Å². The number of piperidine rings is 1. The predicted octanol–water partition coefficient (Wildman–Crippen LogP) is 1.15. The second-order valence-corrected chi connectivity index (χ2v) is 6.85. The summed E-state index contributed by atoms with van der Waals surface area (Å²) in [4.78, 5) is 42.5. The fourth-order valence-corrected chi connectivity index (χ4v) is 3.41. The van der Waals surface area contributed by atoms with Gasteiger partial charge < -0.3 is 24.4 Å². The van der Waals surface area contributed by atoms with Crippen LogP contribution in [0.4, 0.5) is 4.79 Å². The quantitative estimate of drug-likeness (QED) is 0.874. The van der Waals surface area contributed by atoms with Crippen LogP contribution < -0.4 is 5.32 Å². The Morgan fingerprint density at radius 3 is 2.19 bits per heavy atom. The molecule has 0 bridgehead atoms. The standard InChI is InChI=1S/C18H26N4O4/c1-14(19-16(23)15-5-12-26-13-15)17(24)20-8-10-22(11-9-20)18(25)21-6-3-2-4-7-21/h5,12-14H,2-4,6-11H2,1H3,(H,19,23). The summed E-state index contributed by atoms with van der Waals surface area (Å²) in [5.74, 6) is -0.467. The van der Waals surface area contributed by atoms with E-state index in [0.717, 1.165) is 25.9 Å². The van der Waals surface area contributed by atoms with Crippen LogP contribution in [0, 0.1) is 0 Å². The maximum Gasteiger partial charge on any atom is 0.320 e. The van der Waals surface area contributed by atoms with Gasteiger partial charge in [-0.2, -0.15) is 0 Å². The van der Waals surface area contributed by atoms with Gasteiger partial charge in [0.05, 0.1) is 11.8 Å². The summed E-state index contributed by atoms with van der Waals surface area (Å²) in [6, 6.07) is 1.01. The molecule has 0 aliphatic carbocycles. The van der Waals surface area contributed by atoms with E-state index in [1.807, 2.05) is 9.80 Å². The third-order valence-corrected chi connectivity index (χ3v) is 4.99. The summed E-state index contributed by atoms with van der Waals surface area (Å²) < 4.78 is 4.88. The lowest BCUT2D eigenvalue weighted by Crippen LogP contribution is -2.57. The Kier molecular flexibility index (Phi) is 5.80. The molecule has 142 valence electrons. The van der Waals surface area contributed by atoms with Crippen molar-refractivity contribution in [3.05, 3.63) is 24.2 Å². The van der Waals surface area contributed by atoms with Crippen molar-refractivity contribution in [2.24, 2.45) is 0 Å². The van der Waals surface area contributed by atoms with E-state index < -0.39 is 6.04 Å². The first-order chi connectivity index (χ1) is 12.6. The molecule has 1 N–H and O–H groups in total. The Bertz CT molecular complexity index is 632. The van der Waals surface area contributed by atoms with Crippen molar-refractivity contribution in [3.63, 3.8) is 0 Å². The number of urea groups is 1. The summed E-state index contributed by atoms with van der Waals surface area (Å²) in [6.45, 7) is 5.37. The maximum atomic E-state index is 12.6. The highest BCUT2D eigenvalue weighted by Crippen LogP contribution is 2.13. The van der Waals surface area contributed by atoms with Crippen LogP contribution in [-0.2, 0) is 4.79 Å². The summed E-state index contributed by atoms with van der Waals surface area (Å²) >= 11 is 0. The lowest BCUT2D eigenvalue weighted by molar-refractivity contribution is -0.134. The molecule has 2 fully saturated rings. The fourth-order valence-electron chi connectivity index (χ4n) is 3.41. The smallest absolute Gasteiger partial charge is 0.320 e. The van der Waals surface area contributed by atoms with Crippen LogP contribution in [0.5, 0.6) is 0 Å². The first-order valence-corrected chi connectivity index (χ1v) is 9.22. The average molecular weight is 362 g/mol. The molecule has 2 aliphatic rings. The highest BCUT2D eigenvalue weighted by Gasteiger charge is 2.30. The number of carbonyl (C=O) groups excluding carboxylic acids is 3. The minimum atomic E-state index is -0.623. The fraction of sp³-hybridized carbons (Fsp3) is 0.611. The van der Waals surface area contributed by atoms with Crippen molar-refractivity contribution in [1.82, 2.24) is 20.0 Å². The van der Waals surface area contributed by atoms with Crippen molar-refractivity contribution in [3.8, 4) is 0 Å². The zero-order valence-corrected chi connectivity index (χ0v) is 15.1. The lowest BCUT2D eigenvalue weighted by atomic mass is 10.1. The average Bonchev–Trinajstić information content (AvgIpc) is 3.22. The van der Waals surface area contributed by atoms with E-state index in [0.29, 0.717) is 31.7 Å². The van der Waals surface area contributed by atoms with Crippen LogP contribution in [0.2, 0.25) is 0 Å². The van der Waals surface area contributed by atoms with Crippen molar-refractivity contribution in [2.45, 2.75) is 32.2 Å². The Balaban J connectivity index is 1.46. The molecule has 1 atom stereocenters. The Labute approximate surface area is 153 Å². The molecule has 1 unspecified atom stereocenters. The van der Waals surface area contributed by atoms with E-state index in [2.05, 4.69) is 5.32 Å². The molecule has 0 saturated carbocycles. The predicted molar refractivity (Wildman–Crippen MR) is 94.6 cm³/mol. The third kappa shape index (κ3) is 4.17. The van der Waals surface area contributed by atoms with Gasteiger partial charge in [0.1, 0.15) is 12.3 Å². The molecule has 0 aromatic carbocycles. The number of furan rings is 1. The number of hydrogen-bond donors (Lipinski definition) is 1. The largest absolute Gasteiger partial charge is 0.472 e. The van der Waals surface area contributed by atoms with Gasteiger partial charge in [-0.25, -0.2) is 4.79 Å². The minimum Gasteiger partial charge on any atom is -0.472 e. The number of hydrogen-bond acceptors (Lipinski definition) is 4. The normalized spacial score (nSPS) is 19.2. The van der Waals surface area contributed by atoms with E-state index in [1.165, 1.54) is 18.9 Å². The van der Waals surface area contributed by atoms with Crippen LogP contribution in [0.1, 0.15) is 36.5 Å². The molecule has 8 nitrogen and oxygen atoms in total. The highest BCUT2D eigenvalue weighted by atomic mass is 16.3. The second kappa shape index (κ2) is 8.25. The highest BCUT2D eigenvalue weighted by molar-refractivity contribution is 5.97. The topological polar surface area (TPSA) is 86.1 Å². The van der Waals surface area contributed by atoms with E-state index in [9.17, 15) is 14.4 Å². The van der Waals surface area contributed by atoms with Crippen molar-refractivity contribution in [1.29, 1.82) is 0 Å². The Morgan fingerprint density at radius 2 is 1.58 bits per heavy atom. The van der Waals surface area contributed by atoms with E-state index in [4.69, 9.17) is 4.42 Å². The van der Waals surface area contributed by atoms with Gasteiger partial charge in [-0.3, -0.25) is 9.59 Å². The van der Waals surface area contributed by atoms with E-state index in [1.54, 1.807) is 17.9 Å². The number of piperazine rings is 1. The molecule has 3 rings (SSSR count). The van der Waals surface area contributed by atoms with Gasteiger partial charge >= 0.3 is 6.03 Å². The molecule has 1 aromatic rings. The van der Waals surface area contributed by atoms with Crippen LogP contribution in [0.3, 0.4) is 0 Å². The number of carbonyl (C=O) groups is 3. The summed E-state index contributed by atoms with van der Waals surface area (Å²) in [6.07, 6.45) is 6.09. The molecular weight excluding hydrogens is 336 g/mol. The van der Waals surface area contributed by atoms with Crippen LogP contribution in [-0.4, -0.2) is 77.9 Å². The van der Waals surface area contributed by atoms with E-state index >= 15 is 0 Å². The van der Waals surface area contributed by atoms with Gasteiger partial charge in [0.15, 0.2) is 0 Å². The van der Waals surface area contributed by atoms with Gasteiger partial charge in [0.2, 0.25) is 5.91 Å². The number of amides is 4. The summed E-state index contributed by atoms with van der Waals surface area (Å²) in [5.41, 5.74) is 0.390. The zero-order chi connectivity index (χ0) is 18.5.